The third-order valence-electron chi connectivity index (χ3n) is 27.4. The van der Waals surface area contributed by atoms with Crippen molar-refractivity contribution in [3.8, 4) is 102 Å². The van der Waals surface area contributed by atoms with E-state index in [0.717, 1.165) is 110 Å². The number of hydrogen-bond donors (Lipinski definition) is 0. The van der Waals surface area contributed by atoms with Crippen LogP contribution in [0.2, 0.25) is 0 Å². The summed E-state index contributed by atoms with van der Waals surface area (Å²) in [5.74, 6) is 0. The second-order valence-corrected chi connectivity index (χ2v) is 35.0. The zero-order valence-corrected chi connectivity index (χ0v) is 72.6. The molecule has 0 saturated carbocycles. The molecule has 4 aliphatic carbocycles. The van der Waals surface area contributed by atoms with Crippen molar-refractivity contribution < 1.29 is 0 Å². The summed E-state index contributed by atoms with van der Waals surface area (Å²) in [6.07, 6.45) is 30.0. The molecule has 0 fully saturated rings. The molecule has 628 valence electrons. The Hall–Kier alpha value is -15.7. The van der Waals surface area contributed by atoms with Gasteiger partial charge in [-0.1, -0.05) is 237 Å². The Balaban J connectivity index is 0.0000000963. The fourth-order valence-corrected chi connectivity index (χ4v) is 21.6. The monoisotopic (exact) mass is 1680 g/mol. The van der Waals surface area contributed by atoms with E-state index in [0.29, 0.717) is 0 Å². The van der Waals surface area contributed by atoms with Crippen LogP contribution in [0.25, 0.3) is 168 Å². The quantitative estimate of drug-likeness (QED) is 0.129. The Bertz CT molecular complexity index is 8110. The van der Waals surface area contributed by atoms with Crippen LogP contribution in [0.3, 0.4) is 0 Å². The topological polar surface area (TPSA) is 88.9 Å². The van der Waals surface area contributed by atoms with Gasteiger partial charge >= 0.3 is 0 Å². The number of benzene rings is 11. The van der Waals surface area contributed by atoms with Crippen LogP contribution in [0.4, 0.5) is 0 Å². The van der Waals surface area contributed by atoms with Gasteiger partial charge in [0.05, 0.1) is 61.9 Å². The first-order valence-corrected chi connectivity index (χ1v) is 46.4. The smallest absolute Gasteiger partial charge is 0.137 e. The summed E-state index contributed by atoms with van der Waals surface area (Å²) in [6.45, 7) is 0. The lowest BCUT2D eigenvalue weighted by molar-refractivity contribution is 0.667. The zero-order valence-electron chi connectivity index (χ0n) is 72.6. The summed E-state index contributed by atoms with van der Waals surface area (Å²) >= 11 is 0. The first-order chi connectivity index (χ1) is 64.5. The van der Waals surface area contributed by atoms with Crippen molar-refractivity contribution >= 4 is 66.2 Å². The first-order valence-electron chi connectivity index (χ1n) is 46.4. The second-order valence-electron chi connectivity index (χ2n) is 35.0. The predicted molar refractivity (Wildman–Crippen MR) is 533 cm³/mol. The first kappa shape index (κ1) is 77.9. The molecule has 12 nitrogen and oxygen atoms in total. The summed E-state index contributed by atoms with van der Waals surface area (Å²) in [5.41, 5.74) is 41.7. The van der Waals surface area contributed by atoms with Crippen LogP contribution in [0.5, 0.6) is 0 Å². The Morgan fingerprint density at radius 2 is 0.492 bits per heavy atom. The molecule has 23 aromatic rings. The van der Waals surface area contributed by atoms with Gasteiger partial charge < -0.3 is 22.7 Å². The van der Waals surface area contributed by atoms with Gasteiger partial charge in [-0.05, 0) is 246 Å². The summed E-state index contributed by atoms with van der Waals surface area (Å²) in [5, 5.41) is 5.64. The molecular formula is C118H96N12. The number of aromatic nitrogens is 12. The van der Waals surface area contributed by atoms with Crippen LogP contribution >= 0.6 is 0 Å². The highest BCUT2D eigenvalue weighted by atomic mass is 15.1. The minimum Gasteiger partial charge on any atom is -0.313 e. The molecule has 0 amide bonds. The van der Waals surface area contributed by atoms with E-state index in [1.54, 1.807) is 11.1 Å². The number of hydrogen-bond acceptors (Lipinski definition) is 4. The molecule has 130 heavy (non-hydrogen) atoms. The minimum absolute atomic E-state index is 0.963. The van der Waals surface area contributed by atoms with Gasteiger partial charge in [0.25, 0.3) is 0 Å². The molecular weight excluding hydrogens is 1590 g/mol. The lowest BCUT2D eigenvalue weighted by Crippen LogP contribution is -2.07. The van der Waals surface area contributed by atoms with Gasteiger partial charge in [-0.3, -0.25) is 13.2 Å². The van der Waals surface area contributed by atoms with E-state index in [9.17, 15) is 0 Å². The number of pyridine rings is 4. The average Bonchev–Trinajstić information content (AvgIpc) is 1.62. The Morgan fingerprint density at radius 3 is 0.885 bits per heavy atom. The van der Waals surface area contributed by atoms with E-state index in [4.69, 9.17) is 19.9 Å². The van der Waals surface area contributed by atoms with Crippen LogP contribution in [-0.4, -0.2) is 55.8 Å². The van der Waals surface area contributed by atoms with E-state index in [1.165, 1.54) is 194 Å². The highest BCUT2D eigenvalue weighted by Gasteiger charge is 2.28. The average molecular weight is 1680 g/mol. The van der Waals surface area contributed by atoms with E-state index < -0.39 is 0 Å². The van der Waals surface area contributed by atoms with E-state index in [1.807, 2.05) is 36.5 Å². The number of rotatable bonds is 11. The fourth-order valence-electron chi connectivity index (χ4n) is 21.6. The van der Waals surface area contributed by atoms with Gasteiger partial charge in [-0.25, -0.2) is 19.9 Å². The predicted octanol–water partition coefficient (Wildman–Crippen LogP) is 28.3. The van der Waals surface area contributed by atoms with Crippen molar-refractivity contribution in [2.75, 3.05) is 0 Å². The Kier molecular flexibility index (Phi) is 20.1. The molecule has 27 rings (SSSR count). The maximum atomic E-state index is 5.03. The maximum absolute atomic E-state index is 5.03. The van der Waals surface area contributed by atoms with E-state index in [2.05, 4.69) is 388 Å². The lowest BCUT2D eigenvalue weighted by atomic mass is 9.95. The van der Waals surface area contributed by atoms with Gasteiger partial charge in [0, 0.05) is 137 Å². The third kappa shape index (κ3) is 13.9. The largest absolute Gasteiger partial charge is 0.313 e. The second kappa shape index (κ2) is 33.6. The van der Waals surface area contributed by atoms with Crippen LogP contribution < -0.4 is 0 Å². The highest BCUT2D eigenvalue weighted by Crippen LogP contribution is 2.44. The molecule has 12 heterocycles. The number of nitrogens with zero attached hydrogens (tertiary/aromatic N) is 12. The standard InChI is InChI=1S/3C31H25N3.C25H21N3/c1-2-11-22(12-3-1)30-31(33-20-9-8-19-29(33)32-30)23-13-10-14-24(21-23)34-27-17-6-4-15-25(27)26-16-5-7-18-28(26)34;1-2-10-23(11-3-1)31-30(32-29-16-8-9-21-33(29)31)22-17-19-24(20-18-22)34-27-14-6-4-12-25(27)26-13-5-7-15-28(26)34;1-2-10-22(11-3-1)30-31(33-21-9-8-16-29(33)32-30)23-17-19-24(20-18-23)34-27-14-6-4-12-25(27)26-13-5-7-15-28(26)34;1-3-9-23-20(7-1)21-8-2-4-10-24(21)28(23)19-14-12-18(13-15-19)22-17-27-16-6-5-11-25(27)26-22/h1-4,6,8-15,17,19-21H,5,7,16,18H2;2*1-4,6,8-12,14,16-21H,5,7,13,15H2;1,3,5-7,9,11-17H,2,4,8,10H2. The molecule has 0 radical (unpaired) electrons. The van der Waals surface area contributed by atoms with Crippen LogP contribution in [0.1, 0.15) is 96.4 Å². The van der Waals surface area contributed by atoms with Crippen molar-refractivity contribution in [2.45, 2.75) is 103 Å². The summed E-state index contributed by atoms with van der Waals surface area (Å²) < 4.78 is 18.6. The molecule has 0 spiro atoms. The summed E-state index contributed by atoms with van der Waals surface area (Å²) in [7, 11) is 0. The fraction of sp³-hybridized carbons (Fsp3) is 0.136. The molecule has 11 aromatic carbocycles. The number of para-hydroxylation sites is 4. The van der Waals surface area contributed by atoms with Crippen molar-refractivity contribution in [2.24, 2.45) is 0 Å². The van der Waals surface area contributed by atoms with Crippen LogP contribution in [-0.2, 0) is 51.4 Å². The lowest BCUT2D eigenvalue weighted by Gasteiger charge is -2.17. The van der Waals surface area contributed by atoms with Gasteiger partial charge in [0.1, 0.15) is 22.6 Å². The van der Waals surface area contributed by atoms with Crippen molar-refractivity contribution in [3.63, 3.8) is 0 Å². The van der Waals surface area contributed by atoms with Crippen molar-refractivity contribution in [3.05, 3.63) is 434 Å². The Morgan fingerprint density at radius 1 is 0.200 bits per heavy atom. The van der Waals surface area contributed by atoms with Crippen molar-refractivity contribution in [1.82, 2.24) is 55.8 Å². The molecule has 0 bridgehead atoms. The molecule has 0 saturated heterocycles. The van der Waals surface area contributed by atoms with Gasteiger partial charge in [0.15, 0.2) is 0 Å². The number of imidazole rings is 4. The molecule has 4 aliphatic rings. The minimum atomic E-state index is 0.963. The molecule has 0 aliphatic heterocycles. The summed E-state index contributed by atoms with van der Waals surface area (Å²) in [4.78, 5) is 19.8. The SMILES string of the molecule is c1ccc(-c2c(-c3ccc(-n4c5c(c6ccccc64)CCCC5)cc3)nc3ccccn23)cc1.c1ccc(-c2nc3ccccn3c2-c2ccc(-n3c4c(c5ccccc53)CCCC4)cc2)cc1.c1ccc(-c2nc3ccccn3c2-c2cccc(-n3c4c(c5ccccc53)CCCC4)c2)cc1.c1ccc2c(c1)c1c(n2-c2ccc(-c3cn4ccccc4n3)cc2)CCCC1. The summed E-state index contributed by atoms with van der Waals surface area (Å²) in [6, 6.07) is 128. The van der Waals surface area contributed by atoms with E-state index >= 15 is 0 Å². The normalized spacial score (nSPS) is 13.5. The van der Waals surface area contributed by atoms with Gasteiger partial charge in [-0.15, -0.1) is 0 Å². The van der Waals surface area contributed by atoms with Crippen LogP contribution in [0.15, 0.2) is 389 Å². The number of aryl methyl sites for hydroxylation is 4. The molecule has 0 N–H and O–H groups in total. The molecule has 0 atom stereocenters. The van der Waals surface area contributed by atoms with Crippen molar-refractivity contribution in [1.29, 1.82) is 0 Å². The molecule has 12 aromatic heterocycles. The highest BCUT2D eigenvalue weighted by molar-refractivity contribution is 5.93. The number of fused-ring (bicyclic) bond motifs is 16. The zero-order chi connectivity index (χ0) is 86.0. The van der Waals surface area contributed by atoms with E-state index in [-0.39, 0.29) is 0 Å². The third-order valence-corrected chi connectivity index (χ3v) is 27.4. The Labute approximate surface area is 755 Å². The van der Waals surface area contributed by atoms with Gasteiger partial charge in [-0.2, -0.15) is 0 Å². The van der Waals surface area contributed by atoms with Gasteiger partial charge in [0.2, 0.25) is 0 Å². The van der Waals surface area contributed by atoms with Crippen LogP contribution in [0, 0.1) is 0 Å². The maximum Gasteiger partial charge on any atom is 0.137 e. The molecule has 12 heteroatoms. The molecule has 0 unspecified atom stereocenters.